The number of amides is 1. The Hall–Kier alpha value is -0.880. The zero-order chi connectivity index (χ0) is 12.1. The highest BCUT2D eigenvalue weighted by molar-refractivity contribution is 7.80. The zero-order valence-corrected chi connectivity index (χ0v) is 10.8. The average Bonchev–Trinajstić information content (AvgIpc) is 2.66. The Balaban J connectivity index is 2.36. The molecule has 1 atom stereocenters. The van der Waals surface area contributed by atoms with E-state index in [-0.39, 0.29) is 0 Å². The standard InChI is InChI=1S/C10H19N3O2S/c1-4-15-10(14)11-9(16)13-6-5-8(7-13)12(2)3/h8H,4-7H2,1-3H3,(H,11,14,16). The molecule has 1 amide bonds. The lowest BCUT2D eigenvalue weighted by molar-refractivity contribution is 0.157. The van der Waals surface area contributed by atoms with E-state index < -0.39 is 6.09 Å². The third kappa shape index (κ3) is 3.61. The minimum atomic E-state index is -0.471. The third-order valence-corrected chi connectivity index (χ3v) is 3.03. The van der Waals surface area contributed by atoms with Crippen molar-refractivity contribution >= 4 is 23.4 Å². The molecule has 0 aromatic carbocycles. The molecule has 0 radical (unpaired) electrons. The normalized spacial score (nSPS) is 20.0. The molecule has 1 saturated heterocycles. The molecule has 1 heterocycles. The fourth-order valence-electron chi connectivity index (χ4n) is 1.68. The molecule has 1 unspecified atom stereocenters. The van der Waals surface area contributed by atoms with E-state index in [2.05, 4.69) is 24.3 Å². The molecule has 5 nitrogen and oxygen atoms in total. The van der Waals surface area contributed by atoms with Crippen molar-refractivity contribution < 1.29 is 9.53 Å². The summed E-state index contributed by atoms with van der Waals surface area (Å²) in [4.78, 5) is 15.3. The topological polar surface area (TPSA) is 44.8 Å². The van der Waals surface area contributed by atoms with Gasteiger partial charge >= 0.3 is 6.09 Å². The van der Waals surface area contributed by atoms with Crippen LogP contribution in [0.3, 0.4) is 0 Å². The average molecular weight is 245 g/mol. The molecular weight excluding hydrogens is 226 g/mol. The number of thiocarbonyl (C=S) groups is 1. The van der Waals surface area contributed by atoms with Crippen molar-refractivity contribution in [3.63, 3.8) is 0 Å². The third-order valence-electron chi connectivity index (χ3n) is 2.67. The number of hydrogen-bond acceptors (Lipinski definition) is 4. The van der Waals surface area contributed by atoms with Crippen molar-refractivity contribution in [3.05, 3.63) is 0 Å². The Bertz CT molecular complexity index is 271. The van der Waals surface area contributed by atoms with Gasteiger partial charge in [-0.1, -0.05) is 0 Å². The highest BCUT2D eigenvalue weighted by Gasteiger charge is 2.26. The van der Waals surface area contributed by atoms with Crippen LogP contribution in [0.1, 0.15) is 13.3 Å². The molecule has 1 N–H and O–H groups in total. The van der Waals surface area contributed by atoms with Gasteiger partial charge in [0.25, 0.3) is 0 Å². The quantitative estimate of drug-likeness (QED) is 0.724. The van der Waals surface area contributed by atoms with Crippen LogP contribution >= 0.6 is 12.2 Å². The summed E-state index contributed by atoms with van der Waals surface area (Å²) in [5.74, 6) is 0. The van der Waals surface area contributed by atoms with Gasteiger partial charge in [-0.25, -0.2) is 4.79 Å². The molecule has 0 aliphatic carbocycles. The first-order chi connectivity index (χ1) is 7.54. The Labute approximate surface area is 102 Å². The van der Waals surface area contributed by atoms with Crippen LogP contribution in [0.2, 0.25) is 0 Å². The van der Waals surface area contributed by atoms with E-state index in [9.17, 15) is 4.79 Å². The molecular formula is C10H19N3O2S. The molecule has 0 aromatic heterocycles. The van der Waals surface area contributed by atoms with Gasteiger partial charge in [-0.15, -0.1) is 0 Å². The van der Waals surface area contributed by atoms with Crippen molar-refractivity contribution in [2.45, 2.75) is 19.4 Å². The van der Waals surface area contributed by atoms with Gasteiger partial charge in [-0.2, -0.15) is 0 Å². The minimum Gasteiger partial charge on any atom is -0.450 e. The van der Waals surface area contributed by atoms with Crippen molar-refractivity contribution in [1.29, 1.82) is 0 Å². The second-order valence-corrected chi connectivity index (χ2v) is 4.39. The van der Waals surface area contributed by atoms with Crippen molar-refractivity contribution in [1.82, 2.24) is 15.1 Å². The lowest BCUT2D eigenvalue weighted by Crippen LogP contribution is -2.43. The summed E-state index contributed by atoms with van der Waals surface area (Å²) in [7, 11) is 4.10. The predicted molar refractivity (Wildman–Crippen MR) is 66.4 cm³/mol. The number of rotatable bonds is 2. The van der Waals surface area contributed by atoms with Crippen molar-refractivity contribution in [2.75, 3.05) is 33.8 Å². The van der Waals surface area contributed by atoms with Crippen molar-refractivity contribution in [3.8, 4) is 0 Å². The molecule has 0 aromatic rings. The number of carbonyl (C=O) groups excluding carboxylic acids is 1. The van der Waals surface area contributed by atoms with Gasteiger partial charge in [0.15, 0.2) is 5.11 Å². The maximum atomic E-state index is 11.2. The van der Waals surface area contributed by atoms with E-state index >= 15 is 0 Å². The summed E-state index contributed by atoms with van der Waals surface area (Å²) >= 11 is 5.14. The lowest BCUT2D eigenvalue weighted by atomic mass is 10.2. The summed E-state index contributed by atoms with van der Waals surface area (Å²) in [5, 5.41) is 3.02. The zero-order valence-electron chi connectivity index (χ0n) is 10.0. The van der Waals surface area contributed by atoms with Gasteiger partial charge < -0.3 is 14.5 Å². The van der Waals surface area contributed by atoms with Crippen LogP contribution in [0, 0.1) is 0 Å². The van der Waals surface area contributed by atoms with Crippen LogP contribution < -0.4 is 5.32 Å². The van der Waals surface area contributed by atoms with E-state index in [1.54, 1.807) is 6.92 Å². The van der Waals surface area contributed by atoms with Gasteiger partial charge in [0.2, 0.25) is 0 Å². The van der Waals surface area contributed by atoms with Crippen LogP contribution in [0.15, 0.2) is 0 Å². The molecule has 1 aliphatic heterocycles. The smallest absolute Gasteiger partial charge is 0.413 e. The van der Waals surface area contributed by atoms with Crippen LogP contribution in [-0.2, 0) is 4.74 Å². The SMILES string of the molecule is CCOC(=O)NC(=S)N1CCC(N(C)C)C1. The van der Waals surface area contributed by atoms with Gasteiger partial charge in [-0.05, 0) is 39.7 Å². The molecule has 0 spiro atoms. The van der Waals surface area contributed by atoms with E-state index in [0.29, 0.717) is 17.8 Å². The fraction of sp³-hybridized carbons (Fsp3) is 0.800. The molecule has 1 fully saturated rings. The molecule has 1 aliphatic rings. The molecule has 16 heavy (non-hydrogen) atoms. The number of nitrogens with one attached hydrogen (secondary N) is 1. The van der Waals surface area contributed by atoms with Crippen LogP contribution in [0.4, 0.5) is 4.79 Å². The first-order valence-corrected chi connectivity index (χ1v) is 5.84. The van der Waals surface area contributed by atoms with Crippen molar-refractivity contribution in [2.24, 2.45) is 0 Å². The number of alkyl carbamates (subject to hydrolysis) is 1. The molecule has 0 bridgehead atoms. The van der Waals surface area contributed by atoms with E-state index in [0.717, 1.165) is 19.5 Å². The number of carbonyl (C=O) groups is 1. The van der Waals surface area contributed by atoms with E-state index in [1.807, 2.05) is 4.90 Å². The largest absolute Gasteiger partial charge is 0.450 e. The van der Waals surface area contributed by atoms with E-state index in [4.69, 9.17) is 17.0 Å². The number of hydrogen-bond donors (Lipinski definition) is 1. The van der Waals surface area contributed by atoms with Gasteiger partial charge in [0.05, 0.1) is 6.61 Å². The number of ether oxygens (including phenoxy) is 1. The molecule has 92 valence electrons. The maximum absolute atomic E-state index is 11.2. The maximum Gasteiger partial charge on any atom is 0.413 e. The molecule has 1 rings (SSSR count). The second-order valence-electron chi connectivity index (χ2n) is 4.00. The fourth-order valence-corrected chi connectivity index (χ4v) is 1.93. The van der Waals surface area contributed by atoms with Crippen LogP contribution in [0.25, 0.3) is 0 Å². The first-order valence-electron chi connectivity index (χ1n) is 5.43. The second kappa shape index (κ2) is 6.00. The summed E-state index contributed by atoms with van der Waals surface area (Å²) in [5.41, 5.74) is 0. The van der Waals surface area contributed by atoms with Gasteiger partial charge in [0.1, 0.15) is 0 Å². The number of nitrogens with zero attached hydrogens (tertiary/aromatic N) is 2. The Morgan fingerprint density at radius 3 is 2.81 bits per heavy atom. The van der Waals surface area contributed by atoms with E-state index in [1.165, 1.54) is 0 Å². The highest BCUT2D eigenvalue weighted by Crippen LogP contribution is 2.13. The monoisotopic (exact) mass is 245 g/mol. The van der Waals surface area contributed by atoms with Crippen LogP contribution in [-0.4, -0.2) is 60.8 Å². The number of likely N-dealkylation sites (N-methyl/N-ethyl adjacent to an activating group) is 1. The van der Waals surface area contributed by atoms with Gasteiger partial charge in [0, 0.05) is 19.1 Å². The predicted octanol–water partition coefficient (Wildman–Crippen LogP) is 0.653. The Morgan fingerprint density at radius 1 is 1.62 bits per heavy atom. The molecule has 6 heteroatoms. The molecule has 0 saturated carbocycles. The summed E-state index contributed by atoms with van der Waals surface area (Å²) in [6, 6.07) is 0.502. The Morgan fingerprint density at radius 2 is 2.31 bits per heavy atom. The number of likely N-dealkylation sites (tertiary alicyclic amines) is 1. The lowest BCUT2D eigenvalue weighted by Gasteiger charge is -2.22. The Kier molecular flexibility index (Phi) is 4.95. The highest BCUT2D eigenvalue weighted by atomic mass is 32.1. The minimum absolute atomic E-state index is 0.356. The summed E-state index contributed by atoms with van der Waals surface area (Å²) < 4.78 is 4.77. The summed E-state index contributed by atoms with van der Waals surface area (Å²) in [6.07, 6.45) is 0.596. The van der Waals surface area contributed by atoms with Crippen LogP contribution in [0.5, 0.6) is 0 Å². The first kappa shape index (κ1) is 13.2. The summed E-state index contributed by atoms with van der Waals surface area (Å²) in [6.45, 7) is 3.86. The van der Waals surface area contributed by atoms with Gasteiger partial charge in [-0.3, -0.25) is 5.32 Å².